The first-order valence-corrected chi connectivity index (χ1v) is 15.4. The lowest BCUT2D eigenvalue weighted by Crippen LogP contribution is -2.37. The van der Waals surface area contributed by atoms with Gasteiger partial charge >= 0.3 is 0 Å². The summed E-state index contributed by atoms with van der Waals surface area (Å²) in [5.41, 5.74) is 8.25. The van der Waals surface area contributed by atoms with E-state index in [0.29, 0.717) is 32.0 Å². The van der Waals surface area contributed by atoms with Crippen molar-refractivity contribution >= 4 is 63.5 Å². The van der Waals surface area contributed by atoms with Crippen molar-refractivity contribution in [3.63, 3.8) is 0 Å². The normalized spacial score (nSPS) is 21.7. The van der Waals surface area contributed by atoms with E-state index in [4.69, 9.17) is 28.2 Å². The van der Waals surface area contributed by atoms with Gasteiger partial charge in [0.1, 0.15) is 0 Å². The highest BCUT2D eigenvalue weighted by Crippen LogP contribution is 2.50. The molecule has 0 aliphatic carbocycles. The maximum Gasteiger partial charge on any atom is 0.264 e. The number of rotatable bonds is 4. The maximum atomic E-state index is 12.9. The van der Waals surface area contributed by atoms with E-state index in [-0.39, 0.29) is 5.91 Å². The zero-order valence-corrected chi connectivity index (χ0v) is 24.5. The SMILES string of the molecule is O=C1NC(=Nc2cc3c4c(c2)[C@H](c2ccccc2)CCN4CC[C@H]3c2ccccc2)S/C1=C\c1ccc(Cl)cc1Cl. The number of amidine groups is 1. The lowest BCUT2D eigenvalue weighted by molar-refractivity contribution is -0.115. The van der Waals surface area contributed by atoms with Crippen molar-refractivity contribution in [1.29, 1.82) is 0 Å². The number of anilines is 1. The summed E-state index contributed by atoms with van der Waals surface area (Å²) in [5.74, 6) is 0.406. The van der Waals surface area contributed by atoms with Crippen molar-refractivity contribution in [2.45, 2.75) is 24.7 Å². The zero-order valence-electron chi connectivity index (χ0n) is 22.2. The minimum atomic E-state index is -0.186. The molecule has 4 nitrogen and oxygen atoms in total. The second-order valence-electron chi connectivity index (χ2n) is 10.6. The molecule has 4 aromatic rings. The predicted octanol–water partition coefficient (Wildman–Crippen LogP) is 8.76. The van der Waals surface area contributed by atoms with Crippen LogP contribution in [0.5, 0.6) is 0 Å². The fourth-order valence-corrected chi connectivity index (χ4v) is 7.56. The first-order valence-electron chi connectivity index (χ1n) is 13.8. The van der Waals surface area contributed by atoms with Crippen molar-refractivity contribution in [3.8, 4) is 0 Å². The minimum Gasteiger partial charge on any atom is -0.371 e. The Balaban J connectivity index is 1.31. The second-order valence-corrected chi connectivity index (χ2v) is 12.5. The Morgan fingerprint density at radius 2 is 1.44 bits per heavy atom. The number of thioether (sulfide) groups is 1. The topological polar surface area (TPSA) is 44.7 Å². The minimum absolute atomic E-state index is 0.186. The Hall–Kier alpha value is -3.51. The van der Waals surface area contributed by atoms with Gasteiger partial charge in [-0.25, -0.2) is 4.99 Å². The average molecular weight is 597 g/mol. The third-order valence-electron chi connectivity index (χ3n) is 8.13. The Kier molecular flexibility index (Phi) is 7.11. The van der Waals surface area contributed by atoms with Gasteiger partial charge in [0, 0.05) is 40.7 Å². The lowest BCUT2D eigenvalue weighted by atomic mass is 9.76. The van der Waals surface area contributed by atoms with Crippen molar-refractivity contribution < 1.29 is 4.79 Å². The number of nitrogens with zero attached hydrogens (tertiary/aromatic N) is 2. The number of hydrogen-bond acceptors (Lipinski definition) is 4. The molecule has 3 aliphatic rings. The van der Waals surface area contributed by atoms with E-state index in [1.54, 1.807) is 18.2 Å². The fraction of sp³-hybridized carbons (Fsp3) is 0.176. The summed E-state index contributed by atoms with van der Waals surface area (Å²) in [6, 6.07) is 31.3. The molecule has 7 rings (SSSR count). The molecule has 7 heteroatoms. The zero-order chi connectivity index (χ0) is 27.9. The van der Waals surface area contributed by atoms with E-state index in [9.17, 15) is 4.79 Å². The molecule has 1 fully saturated rings. The number of aliphatic imine (C=N–C) groups is 1. The summed E-state index contributed by atoms with van der Waals surface area (Å²) in [5, 5.41) is 4.58. The van der Waals surface area contributed by atoms with Gasteiger partial charge in [-0.05, 0) is 82.8 Å². The molecule has 0 bridgehead atoms. The van der Waals surface area contributed by atoms with E-state index in [1.165, 1.54) is 39.7 Å². The smallest absolute Gasteiger partial charge is 0.264 e. The van der Waals surface area contributed by atoms with Crippen LogP contribution < -0.4 is 10.2 Å². The van der Waals surface area contributed by atoms with Gasteiger partial charge in [-0.1, -0.05) is 89.9 Å². The summed E-state index contributed by atoms with van der Waals surface area (Å²) < 4.78 is 0. The third kappa shape index (κ3) is 5.19. The molecule has 0 radical (unpaired) electrons. The Labute approximate surface area is 254 Å². The highest BCUT2D eigenvalue weighted by Gasteiger charge is 2.35. The molecule has 41 heavy (non-hydrogen) atoms. The van der Waals surface area contributed by atoms with Gasteiger partial charge in [0.2, 0.25) is 0 Å². The number of carbonyl (C=O) groups is 1. The van der Waals surface area contributed by atoms with Gasteiger partial charge in [0.05, 0.1) is 10.6 Å². The van der Waals surface area contributed by atoms with Crippen LogP contribution in [0.3, 0.4) is 0 Å². The molecule has 204 valence electrons. The summed E-state index contributed by atoms with van der Waals surface area (Å²) >= 11 is 13.7. The quantitative estimate of drug-likeness (QED) is 0.240. The number of nitrogens with one attached hydrogen (secondary N) is 1. The van der Waals surface area contributed by atoms with E-state index in [1.807, 2.05) is 6.07 Å². The molecule has 0 unspecified atom stereocenters. The Morgan fingerprint density at radius 1 is 0.829 bits per heavy atom. The van der Waals surface area contributed by atoms with E-state index in [0.717, 1.165) is 37.2 Å². The van der Waals surface area contributed by atoms with Crippen molar-refractivity contribution in [3.05, 3.63) is 134 Å². The van der Waals surface area contributed by atoms with Crippen LogP contribution in [-0.2, 0) is 4.79 Å². The Bertz CT molecular complexity index is 1630. The highest BCUT2D eigenvalue weighted by molar-refractivity contribution is 8.18. The second kappa shape index (κ2) is 11.1. The predicted molar refractivity (Wildman–Crippen MR) is 172 cm³/mol. The molecule has 4 aromatic carbocycles. The molecule has 0 aromatic heterocycles. The van der Waals surface area contributed by atoms with E-state index in [2.05, 4.69) is 83.0 Å². The number of amides is 1. The van der Waals surface area contributed by atoms with Crippen LogP contribution in [0, 0.1) is 0 Å². The molecular formula is C34H27Cl2N3OS. The lowest BCUT2D eigenvalue weighted by Gasteiger charge is -2.43. The average Bonchev–Trinajstić information content (AvgIpc) is 3.33. The van der Waals surface area contributed by atoms with Crippen LogP contribution in [0.2, 0.25) is 10.0 Å². The van der Waals surface area contributed by atoms with Gasteiger partial charge in [-0.15, -0.1) is 0 Å². The van der Waals surface area contributed by atoms with E-state index < -0.39 is 0 Å². The number of carbonyl (C=O) groups excluding carboxylic acids is 1. The molecule has 1 amide bonds. The first-order chi connectivity index (χ1) is 20.0. The van der Waals surface area contributed by atoms with Gasteiger partial charge < -0.3 is 10.2 Å². The van der Waals surface area contributed by atoms with E-state index >= 15 is 0 Å². The molecule has 1 saturated heterocycles. The van der Waals surface area contributed by atoms with Crippen LogP contribution in [-0.4, -0.2) is 24.2 Å². The maximum absolute atomic E-state index is 12.9. The molecule has 3 heterocycles. The van der Waals surface area contributed by atoms with Crippen LogP contribution in [0.15, 0.2) is 101 Å². The molecule has 2 atom stereocenters. The number of halogens is 2. The van der Waals surface area contributed by atoms with Crippen LogP contribution in [0.25, 0.3) is 6.08 Å². The largest absolute Gasteiger partial charge is 0.371 e. The summed E-state index contributed by atoms with van der Waals surface area (Å²) in [6.45, 7) is 2.09. The van der Waals surface area contributed by atoms with Crippen molar-refractivity contribution in [2.24, 2.45) is 4.99 Å². The monoisotopic (exact) mass is 595 g/mol. The van der Waals surface area contributed by atoms with Gasteiger partial charge in [0.15, 0.2) is 5.17 Å². The van der Waals surface area contributed by atoms with Gasteiger partial charge in [0.25, 0.3) is 5.91 Å². The summed E-state index contributed by atoms with van der Waals surface area (Å²) in [7, 11) is 0. The Morgan fingerprint density at radius 3 is 2.02 bits per heavy atom. The summed E-state index contributed by atoms with van der Waals surface area (Å²) in [6.07, 6.45) is 3.91. The molecular weight excluding hydrogens is 569 g/mol. The van der Waals surface area contributed by atoms with Gasteiger partial charge in [-0.3, -0.25) is 4.79 Å². The standard InChI is InChI=1S/C34H27Cl2N3OS/c35-24-12-11-23(30(36)18-24)17-31-33(40)38-34(41-31)37-25-19-28-26(21-7-3-1-4-8-21)13-15-39-16-14-27(29(20-25)32(28)39)22-9-5-2-6-10-22/h1-12,17-20,26-27H,13-16H2,(H,37,38,40)/b31-17-/t26-,27-/m0/s1. The third-order valence-corrected chi connectivity index (χ3v) is 9.60. The van der Waals surface area contributed by atoms with Crippen LogP contribution in [0.1, 0.15) is 52.5 Å². The molecule has 1 N–H and O–H groups in total. The number of hydrogen-bond donors (Lipinski definition) is 1. The number of benzene rings is 4. The molecule has 0 spiro atoms. The van der Waals surface area contributed by atoms with Crippen LogP contribution >= 0.6 is 35.0 Å². The van der Waals surface area contributed by atoms with Crippen LogP contribution in [0.4, 0.5) is 11.4 Å². The van der Waals surface area contributed by atoms with Gasteiger partial charge in [-0.2, -0.15) is 0 Å². The van der Waals surface area contributed by atoms with Crippen molar-refractivity contribution in [2.75, 3.05) is 18.0 Å². The highest BCUT2D eigenvalue weighted by atomic mass is 35.5. The molecule has 3 aliphatic heterocycles. The van der Waals surface area contributed by atoms with Crippen molar-refractivity contribution in [1.82, 2.24) is 5.32 Å². The summed E-state index contributed by atoms with van der Waals surface area (Å²) in [4.78, 5) is 21.0. The fourth-order valence-electron chi connectivity index (χ4n) is 6.26. The first kappa shape index (κ1) is 26.4. The molecule has 0 saturated carbocycles.